The maximum atomic E-state index is 3.47. The average molecular weight is 141 g/mol. The van der Waals surface area contributed by atoms with E-state index in [-0.39, 0.29) is 0 Å². The van der Waals surface area contributed by atoms with E-state index in [9.17, 15) is 0 Å². The number of hydrogen-bond acceptors (Lipinski definition) is 1. The highest BCUT2D eigenvalue weighted by molar-refractivity contribution is 4.75. The number of rotatable bonds is 1. The Kier molecular flexibility index (Phi) is 2.72. The lowest BCUT2D eigenvalue weighted by molar-refractivity contribution is 0.244. The van der Waals surface area contributed by atoms with Crippen LogP contribution in [0.4, 0.5) is 0 Å². The standard InChI is InChI=1S/C9H19N/c1-7(2)9-4-8(3)5-10-6-9/h7-10H,4-6H2,1-3H3/t8-,9?/m0/s1. The first-order valence-corrected chi connectivity index (χ1v) is 4.41. The van der Waals surface area contributed by atoms with E-state index in [4.69, 9.17) is 0 Å². The minimum Gasteiger partial charge on any atom is -0.316 e. The van der Waals surface area contributed by atoms with Crippen molar-refractivity contribution in [3.63, 3.8) is 0 Å². The fraction of sp³-hybridized carbons (Fsp3) is 1.00. The van der Waals surface area contributed by atoms with Crippen molar-refractivity contribution in [2.24, 2.45) is 17.8 Å². The first kappa shape index (κ1) is 8.06. The summed E-state index contributed by atoms with van der Waals surface area (Å²) < 4.78 is 0. The van der Waals surface area contributed by atoms with Gasteiger partial charge in [-0.1, -0.05) is 20.8 Å². The van der Waals surface area contributed by atoms with Crippen LogP contribution in [-0.4, -0.2) is 13.1 Å². The fourth-order valence-corrected chi connectivity index (χ4v) is 1.71. The summed E-state index contributed by atoms with van der Waals surface area (Å²) in [6.07, 6.45) is 1.42. The molecule has 1 heteroatoms. The molecule has 0 aliphatic carbocycles. The first-order valence-electron chi connectivity index (χ1n) is 4.41. The number of piperidine rings is 1. The lowest BCUT2D eigenvalue weighted by atomic mass is 9.84. The van der Waals surface area contributed by atoms with Crippen molar-refractivity contribution < 1.29 is 0 Å². The minimum atomic E-state index is 0.857. The Hall–Kier alpha value is -0.0400. The topological polar surface area (TPSA) is 12.0 Å². The van der Waals surface area contributed by atoms with Crippen LogP contribution < -0.4 is 5.32 Å². The molecule has 1 nitrogen and oxygen atoms in total. The Bertz CT molecular complexity index is 98.9. The molecule has 0 aromatic rings. The van der Waals surface area contributed by atoms with Gasteiger partial charge in [0, 0.05) is 0 Å². The summed E-state index contributed by atoms with van der Waals surface area (Å²) in [6.45, 7) is 9.45. The molecule has 1 aliphatic heterocycles. The van der Waals surface area contributed by atoms with Gasteiger partial charge in [0.1, 0.15) is 0 Å². The summed E-state index contributed by atoms with van der Waals surface area (Å²) in [6, 6.07) is 0. The molecule has 0 spiro atoms. The van der Waals surface area contributed by atoms with Crippen molar-refractivity contribution >= 4 is 0 Å². The second kappa shape index (κ2) is 3.38. The molecule has 1 N–H and O–H groups in total. The van der Waals surface area contributed by atoms with Crippen LogP contribution in [0.3, 0.4) is 0 Å². The van der Waals surface area contributed by atoms with E-state index in [1.807, 2.05) is 0 Å². The van der Waals surface area contributed by atoms with E-state index in [2.05, 4.69) is 26.1 Å². The average Bonchev–Trinajstić information content (AvgIpc) is 1.88. The lowest BCUT2D eigenvalue weighted by Crippen LogP contribution is -2.37. The molecule has 0 aromatic heterocycles. The molecule has 2 atom stereocenters. The summed E-state index contributed by atoms with van der Waals surface area (Å²) in [7, 11) is 0. The van der Waals surface area contributed by atoms with Crippen LogP contribution in [0.1, 0.15) is 27.2 Å². The third-order valence-electron chi connectivity index (χ3n) is 2.55. The van der Waals surface area contributed by atoms with Gasteiger partial charge in [0.15, 0.2) is 0 Å². The molecule has 1 fully saturated rings. The largest absolute Gasteiger partial charge is 0.316 e. The quantitative estimate of drug-likeness (QED) is 0.588. The second-order valence-corrected chi connectivity index (χ2v) is 4.00. The zero-order chi connectivity index (χ0) is 7.56. The van der Waals surface area contributed by atoms with Gasteiger partial charge >= 0.3 is 0 Å². The van der Waals surface area contributed by atoms with Gasteiger partial charge in [0.05, 0.1) is 0 Å². The molecule has 0 saturated carbocycles. The molecule has 60 valence electrons. The molecular formula is C9H19N. The molecule has 0 bridgehead atoms. The van der Waals surface area contributed by atoms with E-state index in [1.54, 1.807) is 0 Å². The van der Waals surface area contributed by atoms with Gasteiger partial charge < -0.3 is 5.32 Å². The molecule has 1 unspecified atom stereocenters. The number of nitrogens with one attached hydrogen (secondary N) is 1. The number of hydrogen-bond donors (Lipinski definition) is 1. The van der Waals surface area contributed by atoms with Crippen LogP contribution in [0.25, 0.3) is 0 Å². The summed E-state index contributed by atoms with van der Waals surface area (Å²) in [5, 5.41) is 3.47. The van der Waals surface area contributed by atoms with E-state index in [1.165, 1.54) is 19.5 Å². The third-order valence-corrected chi connectivity index (χ3v) is 2.55. The zero-order valence-electron chi connectivity index (χ0n) is 7.35. The SMILES string of the molecule is CC(C)C1CNC[C@@H](C)C1. The predicted octanol–water partition coefficient (Wildman–Crippen LogP) is 1.89. The Morgan fingerprint density at radius 3 is 2.40 bits per heavy atom. The van der Waals surface area contributed by atoms with Gasteiger partial charge in [0.2, 0.25) is 0 Å². The van der Waals surface area contributed by atoms with Gasteiger partial charge in [0.25, 0.3) is 0 Å². The van der Waals surface area contributed by atoms with Gasteiger partial charge in [-0.05, 0) is 37.3 Å². The van der Waals surface area contributed by atoms with Gasteiger partial charge in [-0.2, -0.15) is 0 Å². The van der Waals surface area contributed by atoms with Crippen molar-refractivity contribution in [2.75, 3.05) is 13.1 Å². The van der Waals surface area contributed by atoms with Crippen LogP contribution in [0.5, 0.6) is 0 Å². The molecule has 0 aromatic carbocycles. The Balaban J connectivity index is 2.32. The summed E-state index contributed by atoms with van der Waals surface area (Å²) in [4.78, 5) is 0. The highest BCUT2D eigenvalue weighted by atomic mass is 14.9. The molecule has 0 radical (unpaired) electrons. The van der Waals surface area contributed by atoms with Gasteiger partial charge in [-0.3, -0.25) is 0 Å². The molecular weight excluding hydrogens is 122 g/mol. The normalized spacial score (nSPS) is 34.8. The highest BCUT2D eigenvalue weighted by Crippen LogP contribution is 2.22. The highest BCUT2D eigenvalue weighted by Gasteiger charge is 2.20. The van der Waals surface area contributed by atoms with Gasteiger partial charge in [-0.15, -0.1) is 0 Å². The van der Waals surface area contributed by atoms with E-state index >= 15 is 0 Å². The Morgan fingerprint density at radius 1 is 1.30 bits per heavy atom. The molecule has 1 heterocycles. The van der Waals surface area contributed by atoms with Crippen LogP contribution in [-0.2, 0) is 0 Å². The van der Waals surface area contributed by atoms with Crippen LogP contribution >= 0.6 is 0 Å². The first-order chi connectivity index (χ1) is 4.70. The van der Waals surface area contributed by atoms with Crippen molar-refractivity contribution in [3.05, 3.63) is 0 Å². The zero-order valence-corrected chi connectivity index (χ0v) is 7.35. The Labute approximate surface area is 64.2 Å². The molecule has 10 heavy (non-hydrogen) atoms. The molecule has 0 amide bonds. The van der Waals surface area contributed by atoms with Crippen LogP contribution in [0.2, 0.25) is 0 Å². The molecule has 1 saturated heterocycles. The Morgan fingerprint density at radius 2 is 2.00 bits per heavy atom. The minimum absolute atomic E-state index is 0.857. The monoisotopic (exact) mass is 141 g/mol. The van der Waals surface area contributed by atoms with Crippen LogP contribution in [0.15, 0.2) is 0 Å². The van der Waals surface area contributed by atoms with Crippen molar-refractivity contribution in [2.45, 2.75) is 27.2 Å². The van der Waals surface area contributed by atoms with E-state index in [0.29, 0.717) is 0 Å². The van der Waals surface area contributed by atoms with Crippen molar-refractivity contribution in [3.8, 4) is 0 Å². The summed E-state index contributed by atoms with van der Waals surface area (Å²) >= 11 is 0. The fourth-order valence-electron chi connectivity index (χ4n) is 1.71. The summed E-state index contributed by atoms with van der Waals surface area (Å²) in [5.41, 5.74) is 0. The lowest BCUT2D eigenvalue weighted by Gasteiger charge is -2.30. The maximum Gasteiger partial charge on any atom is -0.00178 e. The van der Waals surface area contributed by atoms with Crippen LogP contribution in [0, 0.1) is 17.8 Å². The van der Waals surface area contributed by atoms with Crippen molar-refractivity contribution in [1.29, 1.82) is 0 Å². The third kappa shape index (κ3) is 1.98. The summed E-state index contributed by atoms with van der Waals surface area (Å²) in [5.74, 6) is 2.67. The van der Waals surface area contributed by atoms with Crippen molar-refractivity contribution in [1.82, 2.24) is 5.32 Å². The maximum absolute atomic E-state index is 3.47. The van der Waals surface area contributed by atoms with Gasteiger partial charge in [-0.25, -0.2) is 0 Å². The second-order valence-electron chi connectivity index (χ2n) is 4.00. The smallest absolute Gasteiger partial charge is 0.00178 e. The predicted molar refractivity (Wildman–Crippen MR) is 45.0 cm³/mol. The van der Waals surface area contributed by atoms with E-state index in [0.717, 1.165) is 17.8 Å². The van der Waals surface area contributed by atoms with E-state index < -0.39 is 0 Å². The molecule has 1 aliphatic rings. The molecule has 1 rings (SSSR count).